The molecular weight excluding hydrogens is 398 g/mol. The highest BCUT2D eigenvalue weighted by Crippen LogP contribution is 2.48. The summed E-state index contributed by atoms with van der Waals surface area (Å²) in [6.45, 7) is 3.82. The zero-order valence-corrected chi connectivity index (χ0v) is 16.6. The standard InChI is InChI=1S/C20H20BrNO4/c1-20(2)19(21)18(24)15-13(26-20)9-12(25-4)14-16(15)22(3)11-8-6-5-7-10(11)17(14)23/h5-9,18-19,24H,1-4H3/t18-,19+/m1/s1. The van der Waals surface area contributed by atoms with E-state index in [9.17, 15) is 9.90 Å². The number of hydrogen-bond donors (Lipinski definition) is 1. The van der Waals surface area contributed by atoms with Crippen LogP contribution in [0.15, 0.2) is 35.1 Å². The van der Waals surface area contributed by atoms with Crippen molar-refractivity contribution in [3.63, 3.8) is 0 Å². The molecule has 0 unspecified atom stereocenters. The Balaban J connectivity index is 2.25. The van der Waals surface area contributed by atoms with Crippen molar-refractivity contribution in [3.05, 3.63) is 46.1 Å². The number of fused-ring (bicyclic) bond motifs is 4. The van der Waals surface area contributed by atoms with Crippen LogP contribution in [0.4, 0.5) is 0 Å². The Morgan fingerprint density at radius 3 is 2.69 bits per heavy atom. The van der Waals surface area contributed by atoms with E-state index < -0.39 is 11.7 Å². The van der Waals surface area contributed by atoms with E-state index >= 15 is 0 Å². The Morgan fingerprint density at radius 2 is 2.00 bits per heavy atom. The summed E-state index contributed by atoms with van der Waals surface area (Å²) in [5, 5.41) is 12.1. The van der Waals surface area contributed by atoms with E-state index in [1.807, 2.05) is 43.7 Å². The van der Waals surface area contributed by atoms with E-state index in [1.165, 1.54) is 7.11 Å². The number of alkyl halides is 1. The summed E-state index contributed by atoms with van der Waals surface area (Å²) in [5.74, 6) is 0.981. The third-order valence-electron chi connectivity index (χ3n) is 5.17. The second-order valence-corrected chi connectivity index (χ2v) is 8.16. The number of aromatic nitrogens is 1. The minimum Gasteiger partial charge on any atom is -0.496 e. The molecule has 0 fully saturated rings. The molecule has 26 heavy (non-hydrogen) atoms. The highest BCUT2D eigenvalue weighted by molar-refractivity contribution is 9.09. The number of aliphatic hydroxyl groups excluding tert-OH is 1. The molecule has 136 valence electrons. The van der Waals surface area contributed by atoms with Gasteiger partial charge in [-0.3, -0.25) is 4.79 Å². The number of hydrogen-bond acceptors (Lipinski definition) is 4. The van der Waals surface area contributed by atoms with Crippen LogP contribution in [0.5, 0.6) is 11.5 Å². The fraction of sp³-hybridized carbons (Fsp3) is 0.350. The normalized spacial score (nSPS) is 21.5. The molecule has 5 nitrogen and oxygen atoms in total. The number of aliphatic hydroxyl groups is 1. The topological polar surface area (TPSA) is 60.7 Å². The quantitative estimate of drug-likeness (QED) is 0.484. The van der Waals surface area contributed by atoms with Gasteiger partial charge in [-0.15, -0.1) is 0 Å². The van der Waals surface area contributed by atoms with E-state index in [-0.39, 0.29) is 10.3 Å². The van der Waals surface area contributed by atoms with Crippen LogP contribution in [-0.2, 0) is 7.05 Å². The molecule has 3 aromatic rings. The SMILES string of the molecule is COc1cc2c(c3c1c(=O)c1ccccc1n3C)[C@@H](O)[C@H](Br)C(C)(C)O2. The van der Waals surface area contributed by atoms with Crippen LogP contribution in [0.25, 0.3) is 21.8 Å². The van der Waals surface area contributed by atoms with Gasteiger partial charge in [-0.2, -0.15) is 0 Å². The number of pyridine rings is 1. The Hall–Kier alpha value is -2.05. The van der Waals surface area contributed by atoms with Gasteiger partial charge in [-0.1, -0.05) is 28.1 Å². The van der Waals surface area contributed by atoms with Gasteiger partial charge >= 0.3 is 0 Å². The average molecular weight is 418 g/mol. The Labute approximate surface area is 159 Å². The Morgan fingerprint density at radius 1 is 1.31 bits per heavy atom. The average Bonchev–Trinajstić information content (AvgIpc) is 2.62. The second kappa shape index (κ2) is 5.72. The van der Waals surface area contributed by atoms with Crippen LogP contribution in [0.2, 0.25) is 0 Å². The number of halogens is 1. The first-order valence-electron chi connectivity index (χ1n) is 8.41. The lowest BCUT2D eigenvalue weighted by Gasteiger charge is -2.40. The van der Waals surface area contributed by atoms with E-state index in [2.05, 4.69) is 15.9 Å². The number of methoxy groups -OCH3 is 1. The number of benzene rings is 2. The summed E-state index contributed by atoms with van der Waals surface area (Å²) in [5.41, 5.74) is 1.31. The number of para-hydroxylation sites is 1. The molecule has 2 atom stereocenters. The molecule has 0 spiro atoms. The van der Waals surface area contributed by atoms with Gasteiger partial charge in [0.1, 0.15) is 23.2 Å². The van der Waals surface area contributed by atoms with Gasteiger partial charge < -0.3 is 19.1 Å². The van der Waals surface area contributed by atoms with Crippen molar-refractivity contribution in [1.29, 1.82) is 0 Å². The van der Waals surface area contributed by atoms with Crippen molar-refractivity contribution in [3.8, 4) is 11.5 Å². The summed E-state index contributed by atoms with van der Waals surface area (Å²) in [4.78, 5) is 12.9. The van der Waals surface area contributed by atoms with Gasteiger partial charge in [0, 0.05) is 24.1 Å². The number of nitrogens with zero attached hydrogens (tertiary/aromatic N) is 1. The lowest BCUT2D eigenvalue weighted by atomic mass is 9.89. The summed E-state index contributed by atoms with van der Waals surface area (Å²) < 4.78 is 13.6. The van der Waals surface area contributed by atoms with Gasteiger partial charge in [0.15, 0.2) is 0 Å². The maximum atomic E-state index is 13.2. The zero-order chi connectivity index (χ0) is 18.8. The summed E-state index contributed by atoms with van der Waals surface area (Å²) in [6, 6.07) is 9.14. The van der Waals surface area contributed by atoms with Crippen molar-refractivity contribution in [2.75, 3.05) is 7.11 Å². The lowest BCUT2D eigenvalue weighted by Crippen LogP contribution is -2.45. The highest BCUT2D eigenvalue weighted by Gasteiger charge is 2.43. The fourth-order valence-electron chi connectivity index (χ4n) is 3.82. The van der Waals surface area contributed by atoms with Crippen molar-refractivity contribution >= 4 is 37.7 Å². The molecule has 0 bridgehead atoms. The van der Waals surface area contributed by atoms with Gasteiger partial charge in [-0.25, -0.2) is 0 Å². The van der Waals surface area contributed by atoms with Crippen LogP contribution in [0.3, 0.4) is 0 Å². The molecule has 2 aromatic carbocycles. The molecule has 1 aliphatic heterocycles. The van der Waals surface area contributed by atoms with Crippen LogP contribution in [-0.4, -0.2) is 27.2 Å². The monoisotopic (exact) mass is 417 g/mol. The van der Waals surface area contributed by atoms with E-state index in [1.54, 1.807) is 12.1 Å². The highest BCUT2D eigenvalue weighted by atomic mass is 79.9. The number of rotatable bonds is 1. The minimum atomic E-state index is -0.825. The Bertz CT molecular complexity index is 1100. The van der Waals surface area contributed by atoms with Crippen LogP contribution >= 0.6 is 15.9 Å². The molecule has 0 aliphatic carbocycles. The van der Waals surface area contributed by atoms with Gasteiger partial charge in [0.2, 0.25) is 5.43 Å². The summed E-state index contributed by atoms with van der Waals surface area (Å²) in [7, 11) is 3.42. The van der Waals surface area contributed by atoms with Crippen LogP contribution in [0, 0.1) is 0 Å². The summed E-state index contributed by atoms with van der Waals surface area (Å²) in [6.07, 6.45) is -0.825. The second-order valence-electron chi connectivity index (χ2n) is 7.17. The smallest absolute Gasteiger partial charge is 0.200 e. The molecule has 1 aliphatic rings. The largest absolute Gasteiger partial charge is 0.496 e. The molecule has 1 N–H and O–H groups in total. The molecule has 0 radical (unpaired) electrons. The molecule has 0 saturated heterocycles. The van der Waals surface area contributed by atoms with E-state index in [4.69, 9.17) is 9.47 Å². The molecule has 0 amide bonds. The van der Waals surface area contributed by atoms with Crippen molar-refractivity contribution in [1.82, 2.24) is 4.57 Å². The molecular formula is C20H20BrNO4. The molecule has 0 saturated carbocycles. The van der Waals surface area contributed by atoms with E-state index in [0.717, 1.165) is 5.52 Å². The predicted molar refractivity (Wildman–Crippen MR) is 106 cm³/mol. The van der Waals surface area contributed by atoms with Gasteiger partial charge in [0.25, 0.3) is 0 Å². The molecule has 6 heteroatoms. The predicted octanol–water partition coefficient (Wildman–Crippen LogP) is 3.67. The summed E-state index contributed by atoms with van der Waals surface area (Å²) >= 11 is 3.57. The Kier molecular flexibility index (Phi) is 3.82. The van der Waals surface area contributed by atoms with Crippen molar-refractivity contribution in [2.24, 2.45) is 7.05 Å². The molecule has 2 heterocycles. The fourth-order valence-corrected chi connectivity index (χ4v) is 4.17. The van der Waals surface area contributed by atoms with Crippen LogP contribution < -0.4 is 14.9 Å². The maximum Gasteiger partial charge on any atom is 0.200 e. The van der Waals surface area contributed by atoms with Gasteiger partial charge in [-0.05, 0) is 26.0 Å². The van der Waals surface area contributed by atoms with Crippen LogP contribution in [0.1, 0.15) is 25.5 Å². The first kappa shape index (κ1) is 17.4. The van der Waals surface area contributed by atoms with Crippen molar-refractivity contribution in [2.45, 2.75) is 30.4 Å². The lowest BCUT2D eigenvalue weighted by molar-refractivity contribution is 0.0232. The first-order valence-corrected chi connectivity index (χ1v) is 9.33. The third kappa shape index (κ3) is 2.21. The zero-order valence-electron chi connectivity index (χ0n) is 15.0. The first-order chi connectivity index (χ1) is 12.3. The van der Waals surface area contributed by atoms with Crippen molar-refractivity contribution < 1.29 is 14.6 Å². The van der Waals surface area contributed by atoms with E-state index in [0.29, 0.717) is 33.4 Å². The minimum absolute atomic E-state index is 0.114. The maximum absolute atomic E-state index is 13.2. The molecule has 4 rings (SSSR count). The van der Waals surface area contributed by atoms with Gasteiger partial charge in [0.05, 0.1) is 28.4 Å². The third-order valence-corrected chi connectivity index (χ3v) is 6.77. The number of ether oxygens (including phenoxy) is 2. The molecule has 1 aromatic heterocycles. The number of aryl methyl sites for hydroxylation is 1.